The highest BCUT2D eigenvalue weighted by atomic mass is 16.4. The number of carbonyl (C=O) groups excluding carboxylic acids is 1. The summed E-state index contributed by atoms with van der Waals surface area (Å²) in [4.78, 5) is 35.7. The Hall–Kier alpha value is -1.59. The number of rotatable bonds is 7. The molecule has 0 radical (unpaired) electrons. The van der Waals surface area contributed by atoms with Gasteiger partial charge in [0.2, 0.25) is 5.91 Å². The Kier molecular flexibility index (Phi) is 6.48. The predicted molar refractivity (Wildman–Crippen MR) is 72.3 cm³/mol. The van der Waals surface area contributed by atoms with E-state index in [0.717, 1.165) is 32.1 Å². The van der Waals surface area contributed by atoms with Crippen molar-refractivity contribution in [1.29, 1.82) is 0 Å². The van der Waals surface area contributed by atoms with Crippen LogP contribution in [0.25, 0.3) is 0 Å². The zero-order valence-corrected chi connectivity index (χ0v) is 11.9. The Morgan fingerprint density at radius 2 is 1.75 bits per heavy atom. The van der Waals surface area contributed by atoms with Gasteiger partial charge in [0.15, 0.2) is 0 Å². The van der Waals surface area contributed by atoms with Gasteiger partial charge in [0, 0.05) is 12.5 Å². The van der Waals surface area contributed by atoms with Crippen molar-refractivity contribution in [2.75, 3.05) is 6.54 Å². The maximum absolute atomic E-state index is 12.5. The summed E-state index contributed by atoms with van der Waals surface area (Å²) in [5, 5.41) is 18.0. The molecule has 0 bridgehead atoms. The van der Waals surface area contributed by atoms with Crippen molar-refractivity contribution in [3.05, 3.63) is 0 Å². The fourth-order valence-corrected chi connectivity index (χ4v) is 2.75. The Balaban J connectivity index is 2.80. The zero-order valence-electron chi connectivity index (χ0n) is 11.9. The number of carboxylic acid groups (broad SMARTS) is 2. The number of hydrogen-bond acceptors (Lipinski definition) is 3. The second-order valence-electron chi connectivity index (χ2n) is 5.27. The van der Waals surface area contributed by atoms with Crippen molar-refractivity contribution in [3.63, 3.8) is 0 Å². The Bertz CT molecular complexity index is 363. The highest BCUT2D eigenvalue weighted by Crippen LogP contribution is 2.26. The van der Waals surface area contributed by atoms with Gasteiger partial charge in [0.05, 0.1) is 6.42 Å². The molecule has 0 aromatic heterocycles. The normalized spacial score (nSPS) is 17.4. The van der Waals surface area contributed by atoms with Crippen LogP contribution < -0.4 is 0 Å². The van der Waals surface area contributed by atoms with E-state index in [2.05, 4.69) is 0 Å². The van der Waals surface area contributed by atoms with Gasteiger partial charge >= 0.3 is 11.9 Å². The summed E-state index contributed by atoms with van der Waals surface area (Å²) < 4.78 is 0. The van der Waals surface area contributed by atoms with E-state index in [0.29, 0.717) is 0 Å². The van der Waals surface area contributed by atoms with Gasteiger partial charge in [-0.1, -0.05) is 26.2 Å². The van der Waals surface area contributed by atoms with E-state index < -0.39 is 18.0 Å². The summed E-state index contributed by atoms with van der Waals surface area (Å²) in [6, 6.07) is -0.927. The molecule has 1 amide bonds. The highest BCUT2D eigenvalue weighted by Gasteiger charge is 2.33. The average Bonchev–Trinajstić information content (AvgIpc) is 2.43. The molecule has 114 valence electrons. The lowest BCUT2D eigenvalue weighted by Crippen LogP contribution is -2.48. The first-order valence-corrected chi connectivity index (χ1v) is 7.22. The molecular formula is C14H23NO5. The first-order chi connectivity index (χ1) is 9.47. The molecule has 1 saturated carbocycles. The third-order valence-corrected chi connectivity index (χ3v) is 3.85. The van der Waals surface area contributed by atoms with Crippen LogP contribution >= 0.6 is 0 Å². The summed E-state index contributed by atoms with van der Waals surface area (Å²) in [7, 11) is 0. The molecule has 1 fully saturated rings. The van der Waals surface area contributed by atoms with Gasteiger partial charge < -0.3 is 15.1 Å². The molecule has 1 unspecified atom stereocenters. The van der Waals surface area contributed by atoms with Crippen LogP contribution in [0.5, 0.6) is 0 Å². The molecule has 2 N–H and O–H groups in total. The topological polar surface area (TPSA) is 94.9 Å². The lowest BCUT2D eigenvalue weighted by atomic mass is 9.87. The Morgan fingerprint density at radius 1 is 1.15 bits per heavy atom. The summed E-state index contributed by atoms with van der Waals surface area (Å²) in [6.45, 7) is 1.66. The molecule has 0 saturated heterocycles. The average molecular weight is 285 g/mol. The number of carboxylic acids is 2. The lowest BCUT2D eigenvalue weighted by molar-refractivity contribution is -0.153. The third kappa shape index (κ3) is 4.51. The molecule has 0 aromatic rings. The number of nitrogens with zero attached hydrogens (tertiary/aromatic N) is 1. The van der Waals surface area contributed by atoms with Crippen LogP contribution in [-0.2, 0) is 14.4 Å². The molecule has 0 spiro atoms. The van der Waals surface area contributed by atoms with Crippen LogP contribution in [-0.4, -0.2) is 45.5 Å². The van der Waals surface area contributed by atoms with Crippen molar-refractivity contribution in [3.8, 4) is 0 Å². The van der Waals surface area contributed by atoms with E-state index in [1.807, 2.05) is 0 Å². The van der Waals surface area contributed by atoms with Crippen molar-refractivity contribution >= 4 is 17.8 Å². The molecule has 6 heteroatoms. The monoisotopic (exact) mass is 285 g/mol. The molecule has 0 heterocycles. The van der Waals surface area contributed by atoms with Crippen LogP contribution in [0.2, 0.25) is 0 Å². The van der Waals surface area contributed by atoms with E-state index in [1.165, 1.54) is 4.90 Å². The molecule has 1 atom stereocenters. The van der Waals surface area contributed by atoms with Gasteiger partial charge in [-0.2, -0.15) is 0 Å². The standard InChI is InChI=1S/C14H23NO5/c1-2-11(14(19)20)15(9-8-12(16)17)13(18)10-6-4-3-5-7-10/h10-11H,2-9H2,1H3,(H,16,17)(H,19,20). The quantitative estimate of drug-likeness (QED) is 0.742. The Morgan fingerprint density at radius 3 is 2.20 bits per heavy atom. The Labute approximate surface area is 118 Å². The van der Waals surface area contributed by atoms with E-state index in [9.17, 15) is 19.5 Å². The molecule has 0 aliphatic heterocycles. The smallest absolute Gasteiger partial charge is 0.326 e. The van der Waals surface area contributed by atoms with Gasteiger partial charge in [-0.3, -0.25) is 9.59 Å². The molecule has 0 aromatic carbocycles. The second kappa shape index (κ2) is 7.87. The molecule has 1 aliphatic carbocycles. The van der Waals surface area contributed by atoms with E-state index >= 15 is 0 Å². The van der Waals surface area contributed by atoms with Crippen LogP contribution in [0, 0.1) is 5.92 Å². The molecule has 20 heavy (non-hydrogen) atoms. The maximum Gasteiger partial charge on any atom is 0.326 e. The van der Waals surface area contributed by atoms with Crippen LogP contribution in [0.15, 0.2) is 0 Å². The molecular weight excluding hydrogens is 262 g/mol. The minimum Gasteiger partial charge on any atom is -0.481 e. The first kappa shape index (κ1) is 16.5. The van der Waals surface area contributed by atoms with E-state index in [4.69, 9.17) is 5.11 Å². The molecule has 6 nitrogen and oxygen atoms in total. The predicted octanol–water partition coefficient (Wildman–Crippen LogP) is 1.73. The maximum atomic E-state index is 12.5. The van der Waals surface area contributed by atoms with Crippen LogP contribution in [0.4, 0.5) is 0 Å². The molecule has 1 aliphatic rings. The second-order valence-corrected chi connectivity index (χ2v) is 5.27. The SMILES string of the molecule is CCC(C(=O)O)N(CCC(=O)O)C(=O)C1CCCCC1. The largest absolute Gasteiger partial charge is 0.481 e. The summed E-state index contributed by atoms with van der Waals surface area (Å²) in [5.74, 6) is -2.43. The van der Waals surface area contributed by atoms with Gasteiger partial charge in [-0.05, 0) is 19.3 Å². The number of carbonyl (C=O) groups is 3. The third-order valence-electron chi connectivity index (χ3n) is 3.85. The lowest BCUT2D eigenvalue weighted by Gasteiger charge is -2.32. The van der Waals surface area contributed by atoms with Gasteiger partial charge in [0.1, 0.15) is 6.04 Å². The highest BCUT2D eigenvalue weighted by molar-refractivity contribution is 5.85. The van der Waals surface area contributed by atoms with Crippen LogP contribution in [0.1, 0.15) is 51.9 Å². The number of hydrogen-bond donors (Lipinski definition) is 2. The zero-order chi connectivity index (χ0) is 15.1. The molecule has 1 rings (SSSR count). The van der Waals surface area contributed by atoms with E-state index in [1.54, 1.807) is 6.92 Å². The minimum absolute atomic E-state index is 0.0323. The number of amides is 1. The summed E-state index contributed by atoms with van der Waals surface area (Å²) in [6.07, 6.45) is 4.68. The van der Waals surface area contributed by atoms with Gasteiger partial charge in [0.25, 0.3) is 0 Å². The minimum atomic E-state index is -1.07. The van der Waals surface area contributed by atoms with Gasteiger partial charge in [-0.15, -0.1) is 0 Å². The van der Waals surface area contributed by atoms with Crippen LogP contribution in [0.3, 0.4) is 0 Å². The van der Waals surface area contributed by atoms with Crippen molar-refractivity contribution in [2.24, 2.45) is 5.92 Å². The first-order valence-electron chi connectivity index (χ1n) is 7.22. The fraction of sp³-hybridized carbons (Fsp3) is 0.786. The van der Waals surface area contributed by atoms with E-state index in [-0.39, 0.29) is 31.2 Å². The van der Waals surface area contributed by atoms with Crippen molar-refractivity contribution in [2.45, 2.75) is 57.9 Å². The number of aliphatic carboxylic acids is 2. The summed E-state index contributed by atoms with van der Waals surface area (Å²) >= 11 is 0. The van der Waals surface area contributed by atoms with Gasteiger partial charge in [-0.25, -0.2) is 4.79 Å². The summed E-state index contributed by atoms with van der Waals surface area (Å²) in [5.41, 5.74) is 0. The van der Waals surface area contributed by atoms with Crippen molar-refractivity contribution in [1.82, 2.24) is 4.90 Å². The van der Waals surface area contributed by atoms with Crippen molar-refractivity contribution < 1.29 is 24.6 Å². The fourth-order valence-electron chi connectivity index (χ4n) is 2.75.